The van der Waals surface area contributed by atoms with E-state index in [1.165, 1.54) is 12.1 Å². The molecule has 1 aromatic carbocycles. The Morgan fingerprint density at radius 2 is 2.04 bits per heavy atom. The van der Waals surface area contributed by atoms with Crippen LogP contribution in [-0.4, -0.2) is 31.4 Å². The monoisotopic (exact) mass is 337 g/mol. The van der Waals surface area contributed by atoms with Crippen LogP contribution < -0.4 is 5.56 Å². The first-order valence-corrected chi connectivity index (χ1v) is 8.04. The van der Waals surface area contributed by atoms with E-state index in [1.54, 1.807) is 30.7 Å². The first-order chi connectivity index (χ1) is 12.2. The summed E-state index contributed by atoms with van der Waals surface area (Å²) in [6.07, 6.45) is 5.35. The fourth-order valence-corrected chi connectivity index (χ4v) is 3.02. The molecule has 0 spiro atoms. The maximum atomic E-state index is 13.0. The number of fused-ring (bicyclic) bond motifs is 1. The highest BCUT2D eigenvalue weighted by atomic mass is 19.1. The number of nitrogens with one attached hydrogen (secondary N) is 1. The van der Waals surface area contributed by atoms with Crippen molar-refractivity contribution < 1.29 is 4.39 Å². The van der Waals surface area contributed by atoms with Crippen molar-refractivity contribution in [3.63, 3.8) is 0 Å². The molecule has 0 saturated heterocycles. The minimum Gasteiger partial charge on any atom is -0.305 e. The smallest absolute Gasteiger partial charge is 0.254 e. The molecule has 3 heterocycles. The molecule has 1 N–H and O–H groups in total. The molecule has 0 atom stereocenters. The number of benzene rings is 1. The zero-order valence-electron chi connectivity index (χ0n) is 13.4. The van der Waals surface area contributed by atoms with Gasteiger partial charge in [-0.05, 0) is 24.1 Å². The number of aromatic nitrogens is 4. The summed E-state index contributed by atoms with van der Waals surface area (Å²) in [7, 11) is 0. The van der Waals surface area contributed by atoms with Crippen LogP contribution in [0, 0.1) is 5.82 Å². The molecular formula is C18H16FN5O. The number of hydrogen-bond acceptors (Lipinski definition) is 5. The van der Waals surface area contributed by atoms with Gasteiger partial charge in [0.05, 0.1) is 11.9 Å². The molecule has 0 amide bonds. The summed E-state index contributed by atoms with van der Waals surface area (Å²) in [5.41, 5.74) is 2.94. The minimum atomic E-state index is -0.241. The van der Waals surface area contributed by atoms with Gasteiger partial charge in [-0.25, -0.2) is 14.4 Å². The molecule has 0 aliphatic carbocycles. The van der Waals surface area contributed by atoms with Gasteiger partial charge in [0.1, 0.15) is 11.5 Å². The second-order valence-electron chi connectivity index (χ2n) is 6.02. The Balaban J connectivity index is 1.60. The molecule has 7 heteroatoms. The van der Waals surface area contributed by atoms with Crippen LogP contribution in [0.1, 0.15) is 16.8 Å². The second kappa shape index (κ2) is 6.52. The van der Waals surface area contributed by atoms with E-state index in [1.807, 2.05) is 0 Å². The van der Waals surface area contributed by atoms with E-state index in [9.17, 15) is 9.18 Å². The third-order valence-electron chi connectivity index (χ3n) is 4.28. The average molecular weight is 337 g/mol. The summed E-state index contributed by atoms with van der Waals surface area (Å²) in [5.74, 6) is 0.190. The van der Waals surface area contributed by atoms with Gasteiger partial charge in [-0.1, -0.05) is 12.1 Å². The average Bonchev–Trinajstić information content (AvgIpc) is 2.64. The number of rotatable bonds is 3. The van der Waals surface area contributed by atoms with E-state index < -0.39 is 0 Å². The molecule has 126 valence electrons. The molecule has 1 aliphatic heterocycles. The topological polar surface area (TPSA) is 74.8 Å². The van der Waals surface area contributed by atoms with Gasteiger partial charge in [0, 0.05) is 37.6 Å². The molecule has 0 bridgehead atoms. The van der Waals surface area contributed by atoms with Crippen molar-refractivity contribution in [3.05, 3.63) is 75.8 Å². The summed E-state index contributed by atoms with van der Waals surface area (Å²) < 4.78 is 13.0. The lowest BCUT2D eigenvalue weighted by atomic mass is 10.1. The largest absolute Gasteiger partial charge is 0.305 e. The highest BCUT2D eigenvalue weighted by Crippen LogP contribution is 2.19. The Morgan fingerprint density at radius 1 is 1.20 bits per heavy atom. The highest BCUT2D eigenvalue weighted by Gasteiger charge is 2.21. The number of halogens is 1. The van der Waals surface area contributed by atoms with Gasteiger partial charge in [0.15, 0.2) is 5.82 Å². The summed E-state index contributed by atoms with van der Waals surface area (Å²) >= 11 is 0. The number of hydrogen-bond donors (Lipinski definition) is 1. The van der Waals surface area contributed by atoms with Crippen LogP contribution in [-0.2, 0) is 19.5 Å². The predicted molar refractivity (Wildman–Crippen MR) is 90.1 cm³/mol. The van der Waals surface area contributed by atoms with Gasteiger partial charge in [0.2, 0.25) is 0 Å². The van der Waals surface area contributed by atoms with Gasteiger partial charge < -0.3 is 4.98 Å². The lowest BCUT2D eigenvalue weighted by Gasteiger charge is -2.27. The maximum Gasteiger partial charge on any atom is 0.254 e. The zero-order valence-corrected chi connectivity index (χ0v) is 13.4. The van der Waals surface area contributed by atoms with Crippen molar-refractivity contribution in [2.75, 3.05) is 6.54 Å². The maximum absolute atomic E-state index is 13.0. The Labute approximate surface area is 143 Å². The van der Waals surface area contributed by atoms with Crippen LogP contribution >= 0.6 is 0 Å². The molecule has 25 heavy (non-hydrogen) atoms. The fraction of sp³-hybridized carbons (Fsp3) is 0.222. The SMILES string of the molecule is O=c1[nH]c(-c2cnccn2)nc2c1CCN(Cc1ccc(F)cc1)C2. The molecule has 2 aromatic heterocycles. The molecule has 3 aromatic rings. The van der Waals surface area contributed by atoms with Gasteiger partial charge in [-0.3, -0.25) is 14.7 Å². The van der Waals surface area contributed by atoms with E-state index in [0.29, 0.717) is 31.0 Å². The van der Waals surface area contributed by atoms with E-state index in [0.717, 1.165) is 23.4 Å². The van der Waals surface area contributed by atoms with Gasteiger partial charge in [-0.15, -0.1) is 0 Å². The Bertz CT molecular complexity index is 940. The van der Waals surface area contributed by atoms with E-state index >= 15 is 0 Å². The molecule has 1 aliphatic rings. The Hall–Kier alpha value is -2.93. The van der Waals surface area contributed by atoms with E-state index in [4.69, 9.17) is 0 Å². The molecular weight excluding hydrogens is 321 g/mol. The summed E-state index contributed by atoms with van der Waals surface area (Å²) in [6.45, 7) is 2.03. The highest BCUT2D eigenvalue weighted by molar-refractivity contribution is 5.47. The van der Waals surface area contributed by atoms with Crippen molar-refractivity contribution in [1.29, 1.82) is 0 Å². The number of nitrogens with zero attached hydrogens (tertiary/aromatic N) is 4. The van der Waals surface area contributed by atoms with Crippen LogP contribution in [0.3, 0.4) is 0 Å². The van der Waals surface area contributed by atoms with Crippen molar-refractivity contribution in [3.8, 4) is 11.5 Å². The quantitative estimate of drug-likeness (QED) is 0.790. The second-order valence-corrected chi connectivity index (χ2v) is 6.02. The zero-order chi connectivity index (χ0) is 17.2. The summed E-state index contributed by atoms with van der Waals surface area (Å²) in [6, 6.07) is 6.48. The summed E-state index contributed by atoms with van der Waals surface area (Å²) in [5, 5.41) is 0. The fourth-order valence-electron chi connectivity index (χ4n) is 3.02. The van der Waals surface area contributed by atoms with Crippen LogP contribution in [0.5, 0.6) is 0 Å². The summed E-state index contributed by atoms with van der Waals surface area (Å²) in [4.78, 5) is 30.1. The predicted octanol–water partition coefficient (Wildman–Crippen LogP) is 1.92. The van der Waals surface area contributed by atoms with Gasteiger partial charge in [0.25, 0.3) is 5.56 Å². The van der Waals surface area contributed by atoms with Crippen molar-refractivity contribution in [2.45, 2.75) is 19.5 Å². The number of aromatic amines is 1. The standard InChI is InChI=1S/C18H16FN5O/c19-13-3-1-12(2-4-13)10-24-8-5-14-16(11-24)22-17(23-18(14)25)15-9-20-6-7-21-15/h1-4,6-7,9H,5,8,10-11H2,(H,22,23,25). The van der Waals surface area contributed by atoms with Crippen LogP contribution in [0.2, 0.25) is 0 Å². The van der Waals surface area contributed by atoms with Crippen LogP contribution in [0.25, 0.3) is 11.5 Å². The van der Waals surface area contributed by atoms with Crippen molar-refractivity contribution in [2.24, 2.45) is 0 Å². The van der Waals surface area contributed by atoms with E-state index in [2.05, 4.69) is 24.8 Å². The van der Waals surface area contributed by atoms with E-state index in [-0.39, 0.29) is 11.4 Å². The molecule has 4 rings (SSSR count). The lowest BCUT2D eigenvalue weighted by molar-refractivity contribution is 0.240. The normalized spacial score (nSPS) is 14.3. The van der Waals surface area contributed by atoms with Crippen molar-refractivity contribution in [1.82, 2.24) is 24.8 Å². The molecule has 0 radical (unpaired) electrons. The third-order valence-corrected chi connectivity index (χ3v) is 4.28. The molecule has 0 unspecified atom stereocenters. The minimum absolute atomic E-state index is 0.118. The third kappa shape index (κ3) is 3.32. The molecule has 6 nitrogen and oxygen atoms in total. The Morgan fingerprint density at radius 3 is 2.80 bits per heavy atom. The van der Waals surface area contributed by atoms with Crippen LogP contribution in [0.15, 0.2) is 47.7 Å². The Kier molecular flexibility index (Phi) is 4.07. The van der Waals surface area contributed by atoms with Gasteiger partial charge >= 0.3 is 0 Å². The van der Waals surface area contributed by atoms with Crippen molar-refractivity contribution >= 4 is 0 Å². The first kappa shape index (κ1) is 15.6. The molecule has 0 saturated carbocycles. The first-order valence-electron chi connectivity index (χ1n) is 8.04. The van der Waals surface area contributed by atoms with Gasteiger partial charge in [-0.2, -0.15) is 0 Å². The van der Waals surface area contributed by atoms with Crippen LogP contribution in [0.4, 0.5) is 4.39 Å². The number of H-pyrrole nitrogens is 1. The molecule has 0 fully saturated rings. The lowest BCUT2D eigenvalue weighted by Crippen LogP contribution is -2.35.